The number of hydrogen-bond donors (Lipinski definition) is 1. The highest BCUT2D eigenvalue weighted by molar-refractivity contribution is 6.36. The van der Waals surface area contributed by atoms with E-state index in [4.69, 9.17) is 37.8 Å². The number of benzene rings is 2. The molecule has 0 saturated heterocycles. The molecule has 1 aliphatic rings. The minimum Gasteiger partial charge on any atom is -0.489 e. The van der Waals surface area contributed by atoms with Crippen LogP contribution in [-0.4, -0.2) is 35.1 Å². The van der Waals surface area contributed by atoms with Crippen LogP contribution in [0.3, 0.4) is 0 Å². The molecule has 2 aromatic carbocycles. The van der Waals surface area contributed by atoms with Crippen molar-refractivity contribution in [3.8, 4) is 11.5 Å². The number of nitrogens with zero attached hydrogens (tertiary/aromatic N) is 1. The normalized spacial score (nSPS) is 15.3. The first-order chi connectivity index (χ1) is 15.4. The number of ether oxygens (including phenoxy) is 2. The zero-order chi connectivity index (χ0) is 22.8. The lowest BCUT2D eigenvalue weighted by Crippen LogP contribution is -2.21. The number of aryl methyl sites for hydroxylation is 1. The highest BCUT2D eigenvalue weighted by Crippen LogP contribution is 2.43. The van der Waals surface area contributed by atoms with E-state index in [1.807, 2.05) is 18.2 Å². The maximum Gasteiger partial charge on any atom is 0.304 e. The molecule has 4 rings (SSSR count). The van der Waals surface area contributed by atoms with E-state index >= 15 is 0 Å². The van der Waals surface area contributed by atoms with Crippen LogP contribution in [0.1, 0.15) is 30.0 Å². The van der Waals surface area contributed by atoms with Crippen molar-refractivity contribution in [2.45, 2.75) is 38.0 Å². The van der Waals surface area contributed by atoms with E-state index < -0.39 is 25.4 Å². The Morgan fingerprint density at radius 3 is 2.66 bits per heavy atom. The standard InChI is InChI=1S/C23H21Cl2F2NO4/c24-18-7-13(1-4-20(18)32-16(10-26)11-27)12-31-15-2-3-19-17(9-15)22(25)23-14(8-21(29)30)5-6-28(19)23/h1-4,7,9,14,16H,5-6,8,10-12H2,(H,29,30)/t14-/m1/s1. The molecule has 0 fully saturated rings. The third kappa shape index (κ3) is 4.50. The Morgan fingerprint density at radius 1 is 1.19 bits per heavy atom. The van der Waals surface area contributed by atoms with Crippen molar-refractivity contribution >= 4 is 40.1 Å². The fourth-order valence-corrected chi connectivity index (χ4v) is 4.71. The largest absolute Gasteiger partial charge is 0.489 e. The summed E-state index contributed by atoms with van der Waals surface area (Å²) in [7, 11) is 0. The summed E-state index contributed by atoms with van der Waals surface area (Å²) in [6.07, 6.45) is -0.366. The van der Waals surface area contributed by atoms with Crippen LogP contribution < -0.4 is 9.47 Å². The topological polar surface area (TPSA) is 60.7 Å². The number of carbonyl (C=O) groups is 1. The summed E-state index contributed by atoms with van der Waals surface area (Å²) in [4.78, 5) is 11.2. The van der Waals surface area contributed by atoms with Crippen LogP contribution in [0.4, 0.5) is 8.78 Å². The van der Waals surface area contributed by atoms with Gasteiger partial charge in [-0.05, 0) is 42.3 Å². The molecular weight excluding hydrogens is 463 g/mol. The van der Waals surface area contributed by atoms with Gasteiger partial charge in [0.1, 0.15) is 31.5 Å². The van der Waals surface area contributed by atoms with Crippen molar-refractivity contribution in [2.75, 3.05) is 13.3 Å². The van der Waals surface area contributed by atoms with Crippen LogP contribution in [0.2, 0.25) is 10.0 Å². The van der Waals surface area contributed by atoms with Crippen LogP contribution in [0.25, 0.3) is 10.9 Å². The molecule has 0 spiro atoms. The van der Waals surface area contributed by atoms with Crippen molar-refractivity contribution in [1.82, 2.24) is 4.57 Å². The molecule has 1 N–H and O–H groups in total. The van der Waals surface area contributed by atoms with E-state index in [0.717, 1.165) is 35.1 Å². The number of hydrogen-bond acceptors (Lipinski definition) is 3. The average Bonchev–Trinajstić information content (AvgIpc) is 3.30. The van der Waals surface area contributed by atoms with Gasteiger partial charge >= 0.3 is 5.97 Å². The Morgan fingerprint density at radius 2 is 1.97 bits per heavy atom. The molecule has 170 valence electrons. The number of rotatable bonds is 9. The average molecular weight is 484 g/mol. The molecule has 32 heavy (non-hydrogen) atoms. The fourth-order valence-electron chi connectivity index (χ4n) is 4.05. The first-order valence-electron chi connectivity index (χ1n) is 10.1. The third-order valence-corrected chi connectivity index (χ3v) is 6.25. The fraction of sp³-hybridized carbons (Fsp3) is 0.348. The number of aromatic nitrogens is 1. The van der Waals surface area contributed by atoms with Gasteiger partial charge in [0, 0.05) is 23.5 Å². The molecule has 0 bridgehead atoms. The number of aliphatic carboxylic acids is 1. The van der Waals surface area contributed by atoms with Gasteiger partial charge in [0.2, 0.25) is 0 Å². The lowest BCUT2D eigenvalue weighted by molar-refractivity contribution is -0.137. The van der Waals surface area contributed by atoms with Crippen molar-refractivity contribution in [3.63, 3.8) is 0 Å². The van der Waals surface area contributed by atoms with E-state index in [1.165, 1.54) is 0 Å². The van der Waals surface area contributed by atoms with Gasteiger partial charge in [-0.25, -0.2) is 8.78 Å². The molecule has 1 aliphatic heterocycles. The van der Waals surface area contributed by atoms with Gasteiger partial charge in [0.15, 0.2) is 6.10 Å². The number of carboxylic acids is 1. The summed E-state index contributed by atoms with van der Waals surface area (Å²) < 4.78 is 38.5. The Balaban J connectivity index is 1.49. The minimum absolute atomic E-state index is 0.0528. The van der Waals surface area contributed by atoms with Gasteiger partial charge in [0.25, 0.3) is 0 Å². The lowest BCUT2D eigenvalue weighted by atomic mass is 10.0. The second-order valence-electron chi connectivity index (χ2n) is 7.72. The molecule has 0 radical (unpaired) electrons. The van der Waals surface area contributed by atoms with Crippen molar-refractivity contribution in [2.24, 2.45) is 0 Å². The van der Waals surface area contributed by atoms with E-state index in [2.05, 4.69) is 4.57 Å². The summed E-state index contributed by atoms with van der Waals surface area (Å²) in [6, 6.07) is 10.5. The van der Waals surface area contributed by atoms with Gasteiger partial charge in [-0.15, -0.1) is 0 Å². The summed E-state index contributed by atoms with van der Waals surface area (Å²) in [6.45, 7) is -0.935. The van der Waals surface area contributed by atoms with Crippen LogP contribution >= 0.6 is 23.2 Å². The van der Waals surface area contributed by atoms with E-state index in [9.17, 15) is 13.6 Å². The highest BCUT2D eigenvalue weighted by Gasteiger charge is 2.30. The predicted octanol–water partition coefficient (Wildman–Crippen LogP) is 6.18. The Kier molecular flexibility index (Phi) is 6.76. The first kappa shape index (κ1) is 22.7. The van der Waals surface area contributed by atoms with Crippen LogP contribution in [0.5, 0.6) is 11.5 Å². The quantitative estimate of drug-likeness (QED) is 0.394. The maximum absolute atomic E-state index is 12.7. The molecule has 0 unspecified atom stereocenters. The molecule has 5 nitrogen and oxygen atoms in total. The molecule has 1 atom stereocenters. The van der Waals surface area contributed by atoms with Crippen molar-refractivity contribution < 1.29 is 28.2 Å². The molecular formula is C23H21Cl2F2NO4. The number of alkyl halides is 2. The van der Waals surface area contributed by atoms with Crippen LogP contribution in [0, 0.1) is 0 Å². The van der Waals surface area contributed by atoms with Crippen LogP contribution in [-0.2, 0) is 17.9 Å². The highest BCUT2D eigenvalue weighted by atomic mass is 35.5. The maximum atomic E-state index is 12.7. The van der Waals surface area contributed by atoms with E-state index in [0.29, 0.717) is 10.8 Å². The Hall–Kier alpha value is -2.51. The number of halogens is 4. The number of carboxylic acid groups (broad SMARTS) is 1. The van der Waals surface area contributed by atoms with Gasteiger partial charge < -0.3 is 19.1 Å². The minimum atomic E-state index is -1.18. The molecule has 3 aromatic rings. The van der Waals surface area contributed by atoms with Crippen molar-refractivity contribution in [3.05, 3.63) is 57.7 Å². The number of fused-ring (bicyclic) bond motifs is 3. The zero-order valence-electron chi connectivity index (χ0n) is 17.0. The lowest BCUT2D eigenvalue weighted by Gasteiger charge is -2.14. The van der Waals surface area contributed by atoms with Gasteiger partial charge in [-0.1, -0.05) is 29.3 Å². The Bertz CT molecular complexity index is 1150. The predicted molar refractivity (Wildman–Crippen MR) is 119 cm³/mol. The van der Waals surface area contributed by atoms with Gasteiger partial charge in [-0.2, -0.15) is 0 Å². The molecule has 0 saturated carbocycles. The van der Waals surface area contributed by atoms with Crippen LogP contribution in [0.15, 0.2) is 36.4 Å². The smallest absolute Gasteiger partial charge is 0.304 e. The van der Waals surface area contributed by atoms with E-state index in [1.54, 1.807) is 18.2 Å². The zero-order valence-corrected chi connectivity index (χ0v) is 18.5. The third-order valence-electron chi connectivity index (χ3n) is 5.56. The molecule has 1 aromatic heterocycles. The summed E-state index contributed by atoms with van der Waals surface area (Å²) in [5, 5.41) is 10.8. The second-order valence-corrected chi connectivity index (χ2v) is 8.50. The summed E-state index contributed by atoms with van der Waals surface area (Å²) in [5.74, 6) is -0.129. The second kappa shape index (κ2) is 9.55. The van der Waals surface area contributed by atoms with E-state index in [-0.39, 0.29) is 29.7 Å². The first-order valence-corrected chi connectivity index (χ1v) is 10.9. The van der Waals surface area contributed by atoms with Gasteiger partial charge in [-0.3, -0.25) is 4.79 Å². The molecule has 2 heterocycles. The molecule has 0 amide bonds. The SMILES string of the molecule is O=C(O)C[C@H]1CCn2c1c(Cl)c1cc(OCc3ccc(OC(CF)CF)c(Cl)c3)ccc12. The van der Waals surface area contributed by atoms with Gasteiger partial charge in [0.05, 0.1) is 22.0 Å². The molecule has 0 aliphatic carbocycles. The summed E-state index contributed by atoms with van der Waals surface area (Å²) in [5.41, 5.74) is 2.57. The summed E-state index contributed by atoms with van der Waals surface area (Å²) >= 11 is 12.8. The monoisotopic (exact) mass is 483 g/mol. The van der Waals surface area contributed by atoms with Crippen molar-refractivity contribution in [1.29, 1.82) is 0 Å². The molecule has 9 heteroatoms. The Labute approximate surface area is 193 Å².